The Morgan fingerprint density at radius 2 is 1.95 bits per heavy atom. The number of anilines is 1. The van der Waals surface area contributed by atoms with Crippen molar-refractivity contribution in [3.05, 3.63) is 22.3 Å². The fraction of sp³-hybridized carbons (Fsp3) is 0.565. The Morgan fingerprint density at radius 3 is 2.54 bits per heavy atom. The van der Waals surface area contributed by atoms with Crippen molar-refractivity contribution in [3.8, 4) is 0 Å². The van der Waals surface area contributed by atoms with Crippen LogP contribution < -0.4 is 11.1 Å². The van der Waals surface area contributed by atoms with Crippen LogP contribution in [0, 0.1) is 0 Å². The van der Waals surface area contributed by atoms with Gasteiger partial charge in [0, 0.05) is 25.2 Å². The van der Waals surface area contributed by atoms with Crippen LogP contribution >= 0.6 is 23.1 Å². The van der Waals surface area contributed by atoms with E-state index in [1.807, 2.05) is 13.8 Å². The van der Waals surface area contributed by atoms with Crippen molar-refractivity contribution < 1.29 is 43.0 Å². The smallest absolute Gasteiger partial charge is 0.431 e. The summed E-state index contributed by atoms with van der Waals surface area (Å²) in [6.07, 6.45) is -1.35. The summed E-state index contributed by atoms with van der Waals surface area (Å²) >= 11 is 2.45. The van der Waals surface area contributed by atoms with Crippen LogP contribution in [-0.2, 0) is 38.2 Å². The lowest BCUT2D eigenvalue weighted by atomic mass is 10.0. The van der Waals surface area contributed by atoms with E-state index in [1.54, 1.807) is 0 Å². The first-order chi connectivity index (χ1) is 18.6. The highest BCUT2D eigenvalue weighted by atomic mass is 32.2. The Bertz CT molecular complexity index is 1150. The first kappa shape index (κ1) is 30.2. The number of hydrogen-bond donors (Lipinski definition) is 2. The van der Waals surface area contributed by atoms with Crippen LogP contribution in [0.15, 0.2) is 21.8 Å². The van der Waals surface area contributed by atoms with Gasteiger partial charge in [-0.1, -0.05) is 19.0 Å². The number of nitrogens with zero attached hydrogens (tertiary/aromatic N) is 3. The monoisotopic (exact) mass is 585 g/mol. The molecule has 2 aliphatic rings. The van der Waals surface area contributed by atoms with Crippen molar-refractivity contribution in [1.29, 1.82) is 0 Å². The Morgan fingerprint density at radius 1 is 1.23 bits per heavy atom. The number of esters is 1. The zero-order valence-electron chi connectivity index (χ0n) is 22.1. The maximum Gasteiger partial charge on any atom is 0.511 e. The average molecular weight is 586 g/mol. The van der Waals surface area contributed by atoms with E-state index in [0.29, 0.717) is 24.2 Å². The number of thiazole rings is 1. The normalized spacial score (nSPS) is 19.7. The number of nitrogens with two attached hydrogens (primary N) is 1. The van der Waals surface area contributed by atoms with Crippen LogP contribution in [0.2, 0.25) is 0 Å². The minimum Gasteiger partial charge on any atom is -0.431 e. The van der Waals surface area contributed by atoms with Gasteiger partial charge >= 0.3 is 12.1 Å². The molecule has 1 aromatic heterocycles. The molecular weight excluding hydrogens is 554 g/mol. The maximum atomic E-state index is 13.2. The second-order valence-electron chi connectivity index (χ2n) is 8.34. The lowest BCUT2D eigenvalue weighted by Gasteiger charge is -2.49. The van der Waals surface area contributed by atoms with Crippen molar-refractivity contribution in [3.63, 3.8) is 0 Å². The minimum atomic E-state index is -1.28. The fourth-order valence-corrected chi connectivity index (χ4v) is 5.72. The molecule has 0 radical (unpaired) electrons. The summed E-state index contributed by atoms with van der Waals surface area (Å²) in [6, 6.07) is -0.962. The highest BCUT2D eigenvalue weighted by Crippen LogP contribution is 2.41. The first-order valence-corrected chi connectivity index (χ1v) is 13.9. The number of oxime groups is 1. The van der Waals surface area contributed by atoms with E-state index in [2.05, 4.69) is 15.5 Å². The molecule has 3 heterocycles. The summed E-state index contributed by atoms with van der Waals surface area (Å²) in [5, 5.41) is 7.52. The topological polar surface area (TPSA) is 181 Å². The third-order valence-electron chi connectivity index (χ3n) is 5.72. The maximum absolute atomic E-state index is 13.2. The fourth-order valence-electron chi connectivity index (χ4n) is 3.84. The van der Waals surface area contributed by atoms with Crippen molar-refractivity contribution in [2.24, 2.45) is 5.16 Å². The quantitative estimate of drug-likeness (QED) is 0.119. The Hall–Kier alpha value is -3.37. The number of hydrogen-bond acceptors (Lipinski definition) is 14. The molecule has 1 aromatic rings. The third-order valence-corrected chi connectivity index (χ3v) is 7.73. The van der Waals surface area contributed by atoms with Gasteiger partial charge in [-0.2, -0.15) is 0 Å². The molecule has 2 aliphatic heterocycles. The number of ether oxygens (including phenoxy) is 4. The summed E-state index contributed by atoms with van der Waals surface area (Å²) in [7, 11) is 2.72. The van der Waals surface area contributed by atoms with Gasteiger partial charge in [0.05, 0.1) is 6.61 Å². The molecule has 1 saturated heterocycles. The molecule has 3 N–H and O–H groups in total. The number of fused-ring (bicyclic) bond motifs is 1. The molecule has 3 rings (SSSR count). The summed E-state index contributed by atoms with van der Waals surface area (Å²) in [5.41, 5.74) is 6.18. The van der Waals surface area contributed by atoms with Gasteiger partial charge in [-0.15, -0.1) is 23.1 Å². The van der Waals surface area contributed by atoms with Crippen molar-refractivity contribution >= 4 is 57.9 Å². The van der Waals surface area contributed by atoms with E-state index >= 15 is 0 Å². The third kappa shape index (κ3) is 6.99. The average Bonchev–Trinajstić information content (AvgIpc) is 3.33. The van der Waals surface area contributed by atoms with E-state index in [-0.39, 0.29) is 34.9 Å². The number of thioether (sulfide) groups is 1. The van der Waals surface area contributed by atoms with Crippen molar-refractivity contribution in [2.75, 3.05) is 32.3 Å². The van der Waals surface area contributed by atoms with Crippen LogP contribution in [0.3, 0.4) is 0 Å². The van der Waals surface area contributed by atoms with E-state index in [0.717, 1.165) is 11.3 Å². The second kappa shape index (κ2) is 13.6. The second-order valence-corrected chi connectivity index (χ2v) is 10.3. The largest absolute Gasteiger partial charge is 0.511 e. The SMILES string of the molecule is CCC(CC)OC(=O)OC(C)OC(=O)C1=C(COC)CS[C@@H]2C(NC(=O)/C(=N\OC)c3csc(N)n3)C(=O)N12. The molecule has 39 heavy (non-hydrogen) atoms. The molecule has 0 saturated carbocycles. The van der Waals surface area contributed by atoms with Crippen LogP contribution in [0.1, 0.15) is 39.3 Å². The van der Waals surface area contributed by atoms with Crippen LogP contribution in [-0.4, -0.2) is 89.9 Å². The number of nitrogen functional groups attached to an aromatic ring is 1. The lowest BCUT2D eigenvalue weighted by molar-refractivity contribution is -0.169. The number of carbonyl (C=O) groups excluding carboxylic acids is 4. The summed E-state index contributed by atoms with van der Waals surface area (Å²) < 4.78 is 20.7. The molecule has 0 spiro atoms. The van der Waals surface area contributed by atoms with Gasteiger partial charge in [-0.3, -0.25) is 14.5 Å². The van der Waals surface area contributed by atoms with Gasteiger partial charge in [-0.25, -0.2) is 14.6 Å². The van der Waals surface area contributed by atoms with E-state index in [1.165, 1.54) is 43.2 Å². The first-order valence-electron chi connectivity index (χ1n) is 12.0. The highest BCUT2D eigenvalue weighted by molar-refractivity contribution is 8.00. The van der Waals surface area contributed by atoms with Gasteiger partial charge < -0.3 is 34.8 Å². The molecule has 2 amide bonds. The zero-order chi connectivity index (χ0) is 28.7. The van der Waals surface area contributed by atoms with Gasteiger partial charge in [0.25, 0.3) is 11.8 Å². The summed E-state index contributed by atoms with van der Waals surface area (Å²) in [6.45, 7) is 5.16. The van der Waals surface area contributed by atoms with E-state index in [9.17, 15) is 19.2 Å². The molecule has 3 atom stereocenters. The van der Waals surface area contributed by atoms with Crippen molar-refractivity contribution in [1.82, 2.24) is 15.2 Å². The van der Waals surface area contributed by atoms with Crippen LogP contribution in [0.5, 0.6) is 0 Å². The number of methoxy groups -OCH3 is 1. The molecule has 0 aromatic carbocycles. The molecule has 16 heteroatoms. The number of carbonyl (C=O) groups is 4. The summed E-state index contributed by atoms with van der Waals surface area (Å²) in [5.74, 6) is -1.80. The van der Waals surface area contributed by atoms with Gasteiger partial charge in [0.1, 0.15) is 36.0 Å². The molecule has 2 unspecified atom stereocenters. The summed E-state index contributed by atoms with van der Waals surface area (Å²) in [4.78, 5) is 61.3. The number of amides is 2. The number of rotatable bonds is 12. The standard InChI is InChI=1S/C23H31N5O9S2/c1-6-13(7-2)37-23(32)36-11(3)35-21(31)17-12(8-33-4)9-38-20-16(19(30)28(17)20)26-18(29)15(27-34-5)14-10-39-22(24)25-14/h10-11,13,16,20H,6-9H2,1-5H3,(H2,24,25)(H,26,29)/b27-15-/t11?,16?,20-/m1/s1. The van der Waals surface area contributed by atoms with Crippen molar-refractivity contribution in [2.45, 2.75) is 57.4 Å². The number of nitrogens with one attached hydrogen (secondary N) is 1. The Balaban J connectivity index is 1.71. The number of aromatic nitrogens is 1. The zero-order valence-corrected chi connectivity index (χ0v) is 23.8. The highest BCUT2D eigenvalue weighted by Gasteiger charge is 2.55. The Labute approximate surface area is 233 Å². The molecule has 0 bridgehead atoms. The predicted octanol–water partition coefficient (Wildman–Crippen LogP) is 1.61. The van der Waals surface area contributed by atoms with Crippen LogP contribution in [0.25, 0.3) is 0 Å². The van der Waals surface area contributed by atoms with E-state index < -0.39 is 41.6 Å². The minimum absolute atomic E-state index is 0.0297. The number of β-lactam (4-membered cyclic amide) rings is 1. The Kier molecular flexibility index (Phi) is 10.5. The van der Waals surface area contributed by atoms with Gasteiger partial charge in [0.15, 0.2) is 10.8 Å². The molecular formula is C23H31N5O9S2. The molecule has 1 fully saturated rings. The molecule has 0 aliphatic carbocycles. The lowest BCUT2D eigenvalue weighted by Crippen LogP contribution is -2.71. The molecule has 14 nitrogen and oxygen atoms in total. The van der Waals surface area contributed by atoms with E-state index in [4.69, 9.17) is 29.5 Å². The van der Waals surface area contributed by atoms with Gasteiger partial charge in [0.2, 0.25) is 6.29 Å². The van der Waals surface area contributed by atoms with Gasteiger partial charge in [-0.05, 0) is 18.4 Å². The van der Waals surface area contributed by atoms with Crippen LogP contribution in [0.4, 0.5) is 9.93 Å². The molecule has 214 valence electrons. The predicted molar refractivity (Wildman–Crippen MR) is 141 cm³/mol.